The lowest BCUT2D eigenvalue weighted by atomic mass is 10.2. The van der Waals surface area contributed by atoms with Crippen molar-refractivity contribution in [2.45, 2.75) is 26.3 Å². The van der Waals surface area contributed by atoms with Crippen LogP contribution in [0.4, 0.5) is 5.69 Å². The van der Waals surface area contributed by atoms with Crippen LogP contribution in [0.3, 0.4) is 0 Å². The minimum atomic E-state index is -3.41. The van der Waals surface area contributed by atoms with E-state index in [0.717, 1.165) is 16.9 Å². The van der Waals surface area contributed by atoms with Crippen molar-refractivity contribution in [1.82, 2.24) is 5.32 Å². The highest BCUT2D eigenvalue weighted by atomic mass is 32.2. The number of ether oxygens (including phenoxy) is 1. The van der Waals surface area contributed by atoms with E-state index >= 15 is 0 Å². The summed E-state index contributed by atoms with van der Waals surface area (Å²) < 4.78 is 30.7. The van der Waals surface area contributed by atoms with Crippen LogP contribution in [0.1, 0.15) is 24.0 Å². The summed E-state index contributed by atoms with van der Waals surface area (Å²) >= 11 is 0. The predicted octanol–water partition coefficient (Wildman–Crippen LogP) is 2.87. The van der Waals surface area contributed by atoms with Crippen LogP contribution in [0.2, 0.25) is 0 Å². The number of benzene rings is 2. The molecule has 0 bridgehead atoms. The molecule has 0 heterocycles. The fraction of sp³-hybridized carbons (Fsp3) is 0.350. The normalized spacial score (nSPS) is 11.1. The molecule has 0 radical (unpaired) electrons. The van der Waals surface area contributed by atoms with Crippen LogP contribution in [0, 0.1) is 6.92 Å². The van der Waals surface area contributed by atoms with Crippen LogP contribution in [0.15, 0.2) is 48.5 Å². The van der Waals surface area contributed by atoms with E-state index in [4.69, 9.17) is 4.74 Å². The zero-order valence-electron chi connectivity index (χ0n) is 15.9. The van der Waals surface area contributed by atoms with Gasteiger partial charge in [-0.15, -0.1) is 0 Å². The van der Waals surface area contributed by atoms with Gasteiger partial charge < -0.3 is 10.1 Å². The molecular formula is C20H26N2O4S. The monoisotopic (exact) mass is 390 g/mol. The molecule has 2 aromatic carbocycles. The molecule has 1 amide bonds. The second kappa shape index (κ2) is 9.41. The summed E-state index contributed by atoms with van der Waals surface area (Å²) in [5.74, 6) is 0.659. The molecule has 0 fully saturated rings. The summed E-state index contributed by atoms with van der Waals surface area (Å²) in [7, 11) is -1.81. The van der Waals surface area contributed by atoms with Crippen LogP contribution in [0.5, 0.6) is 5.75 Å². The third kappa shape index (κ3) is 6.29. The molecule has 0 spiro atoms. The van der Waals surface area contributed by atoms with Crippen molar-refractivity contribution in [3.8, 4) is 5.75 Å². The Morgan fingerprint density at radius 2 is 1.78 bits per heavy atom. The third-order valence-corrected chi connectivity index (χ3v) is 5.38. The average Bonchev–Trinajstić information content (AvgIpc) is 2.64. The molecule has 0 aromatic heterocycles. The molecule has 146 valence electrons. The standard InChI is InChI=1S/C20H26N2O4S/c1-16-7-4-5-8-19(16)22(27(3,24)25)14-6-9-20(23)21-15-17-10-12-18(26-2)13-11-17/h4-5,7-8,10-13H,6,9,14-15H2,1-3H3,(H,21,23). The number of nitrogens with one attached hydrogen (secondary N) is 1. The van der Waals surface area contributed by atoms with E-state index in [1.54, 1.807) is 13.2 Å². The Morgan fingerprint density at radius 1 is 1.11 bits per heavy atom. The van der Waals surface area contributed by atoms with Crippen LogP contribution in [-0.2, 0) is 21.4 Å². The van der Waals surface area contributed by atoms with Gasteiger partial charge >= 0.3 is 0 Å². The smallest absolute Gasteiger partial charge is 0.232 e. The number of carbonyl (C=O) groups excluding carboxylic acids is 1. The van der Waals surface area contributed by atoms with E-state index in [1.807, 2.05) is 49.4 Å². The highest BCUT2D eigenvalue weighted by Crippen LogP contribution is 2.22. The highest BCUT2D eigenvalue weighted by Gasteiger charge is 2.18. The molecule has 0 aliphatic rings. The van der Waals surface area contributed by atoms with E-state index in [-0.39, 0.29) is 18.9 Å². The lowest BCUT2D eigenvalue weighted by molar-refractivity contribution is -0.121. The fourth-order valence-electron chi connectivity index (χ4n) is 2.72. The quantitative estimate of drug-likeness (QED) is 0.714. The van der Waals surface area contributed by atoms with E-state index in [2.05, 4.69) is 5.32 Å². The summed E-state index contributed by atoms with van der Waals surface area (Å²) in [5, 5.41) is 2.85. The topological polar surface area (TPSA) is 75.7 Å². The summed E-state index contributed by atoms with van der Waals surface area (Å²) in [5.41, 5.74) is 2.51. The molecule has 6 nitrogen and oxygen atoms in total. The van der Waals surface area contributed by atoms with Gasteiger partial charge in [-0.1, -0.05) is 30.3 Å². The van der Waals surface area contributed by atoms with Gasteiger partial charge in [0.1, 0.15) is 5.75 Å². The number of nitrogens with zero attached hydrogens (tertiary/aromatic N) is 1. The van der Waals surface area contributed by atoms with Gasteiger partial charge in [0, 0.05) is 19.5 Å². The van der Waals surface area contributed by atoms with Crippen LogP contribution in [-0.4, -0.2) is 34.2 Å². The molecule has 0 aliphatic carbocycles. The molecule has 1 N–H and O–H groups in total. The van der Waals surface area contributed by atoms with Gasteiger partial charge in [0.2, 0.25) is 15.9 Å². The van der Waals surface area contributed by atoms with Crippen molar-refractivity contribution in [2.75, 3.05) is 24.2 Å². The molecule has 0 unspecified atom stereocenters. The van der Waals surface area contributed by atoms with Crippen molar-refractivity contribution in [3.63, 3.8) is 0 Å². The summed E-state index contributed by atoms with van der Waals surface area (Å²) in [6.45, 7) is 2.56. The van der Waals surface area contributed by atoms with Crippen LogP contribution in [0.25, 0.3) is 0 Å². The first-order chi connectivity index (χ1) is 12.8. The number of methoxy groups -OCH3 is 1. The molecule has 27 heavy (non-hydrogen) atoms. The Balaban J connectivity index is 1.87. The first kappa shape index (κ1) is 20.8. The molecule has 7 heteroatoms. The number of rotatable bonds is 9. The lowest BCUT2D eigenvalue weighted by Crippen LogP contribution is -2.32. The SMILES string of the molecule is COc1ccc(CNC(=O)CCCN(c2ccccc2C)S(C)(=O)=O)cc1. The van der Waals surface area contributed by atoms with Gasteiger partial charge in [-0.3, -0.25) is 9.10 Å². The van der Waals surface area contributed by atoms with Crippen LogP contribution >= 0.6 is 0 Å². The summed E-state index contributed by atoms with van der Waals surface area (Å²) in [6, 6.07) is 14.8. The molecule has 0 saturated heterocycles. The Bertz CT molecular complexity index is 864. The first-order valence-corrected chi connectivity index (χ1v) is 10.6. The number of hydrogen-bond donors (Lipinski definition) is 1. The Labute approximate surface area is 161 Å². The number of hydrogen-bond acceptors (Lipinski definition) is 4. The van der Waals surface area contributed by atoms with Crippen molar-refractivity contribution >= 4 is 21.6 Å². The fourth-order valence-corrected chi connectivity index (χ4v) is 3.75. The van der Waals surface area contributed by atoms with Crippen molar-refractivity contribution in [3.05, 3.63) is 59.7 Å². The van der Waals surface area contributed by atoms with Gasteiger partial charge in [0.25, 0.3) is 0 Å². The third-order valence-electron chi connectivity index (χ3n) is 4.20. The second-order valence-electron chi connectivity index (χ2n) is 6.35. The van der Waals surface area contributed by atoms with E-state index < -0.39 is 10.0 Å². The van der Waals surface area contributed by atoms with Gasteiger partial charge in [0.05, 0.1) is 19.1 Å². The van der Waals surface area contributed by atoms with Gasteiger partial charge in [-0.25, -0.2) is 8.42 Å². The number of aryl methyl sites for hydroxylation is 1. The van der Waals surface area contributed by atoms with E-state index in [1.165, 1.54) is 10.6 Å². The second-order valence-corrected chi connectivity index (χ2v) is 8.26. The van der Waals surface area contributed by atoms with Gasteiger partial charge in [0.15, 0.2) is 0 Å². The summed E-state index contributed by atoms with van der Waals surface area (Å²) in [4.78, 5) is 12.1. The van der Waals surface area contributed by atoms with Gasteiger partial charge in [-0.05, 0) is 42.7 Å². The molecule has 0 aliphatic heterocycles. The highest BCUT2D eigenvalue weighted by molar-refractivity contribution is 7.92. The molecule has 0 atom stereocenters. The summed E-state index contributed by atoms with van der Waals surface area (Å²) in [6.07, 6.45) is 1.88. The largest absolute Gasteiger partial charge is 0.497 e. The van der Waals surface area contributed by atoms with Crippen LogP contribution < -0.4 is 14.4 Å². The zero-order chi connectivity index (χ0) is 19.9. The van der Waals surface area contributed by atoms with Crippen molar-refractivity contribution < 1.29 is 17.9 Å². The zero-order valence-corrected chi connectivity index (χ0v) is 16.8. The number of anilines is 1. The Morgan fingerprint density at radius 3 is 2.37 bits per heavy atom. The minimum absolute atomic E-state index is 0.107. The molecular weight excluding hydrogens is 364 g/mol. The van der Waals surface area contributed by atoms with E-state index in [0.29, 0.717) is 18.7 Å². The predicted molar refractivity (Wildman–Crippen MR) is 107 cm³/mol. The maximum atomic E-state index is 12.1. The Hall–Kier alpha value is -2.54. The number of carbonyl (C=O) groups is 1. The number of para-hydroxylation sites is 1. The molecule has 2 rings (SSSR count). The molecule has 2 aromatic rings. The first-order valence-electron chi connectivity index (χ1n) is 8.74. The maximum absolute atomic E-state index is 12.1. The molecule has 0 saturated carbocycles. The maximum Gasteiger partial charge on any atom is 0.232 e. The van der Waals surface area contributed by atoms with Crippen molar-refractivity contribution in [2.24, 2.45) is 0 Å². The number of amides is 1. The van der Waals surface area contributed by atoms with Gasteiger partial charge in [-0.2, -0.15) is 0 Å². The number of sulfonamides is 1. The van der Waals surface area contributed by atoms with E-state index in [9.17, 15) is 13.2 Å². The minimum Gasteiger partial charge on any atom is -0.497 e. The lowest BCUT2D eigenvalue weighted by Gasteiger charge is -2.24. The van der Waals surface area contributed by atoms with Crippen molar-refractivity contribution in [1.29, 1.82) is 0 Å². The Kier molecular flexibility index (Phi) is 7.24. The average molecular weight is 391 g/mol.